The molecule has 3 aromatic carbocycles. The van der Waals surface area contributed by atoms with E-state index in [1.807, 2.05) is 37.9 Å². The highest BCUT2D eigenvalue weighted by Crippen LogP contribution is 2.44. The summed E-state index contributed by atoms with van der Waals surface area (Å²) in [5.74, 6) is 1.58. The number of alkyl carbamates (subject to hydrolysis) is 2. The van der Waals surface area contributed by atoms with E-state index in [-0.39, 0.29) is 47.8 Å². The maximum Gasteiger partial charge on any atom is 0.407 e. The molecule has 4 aliphatic heterocycles. The van der Waals surface area contributed by atoms with Crippen LogP contribution in [0.1, 0.15) is 88.6 Å². The summed E-state index contributed by atoms with van der Waals surface area (Å²) in [5, 5.41) is 7.50. The van der Waals surface area contributed by atoms with Gasteiger partial charge >= 0.3 is 12.2 Å². The van der Waals surface area contributed by atoms with Crippen LogP contribution in [0.4, 0.5) is 9.59 Å². The molecular formula is C48H56N8O8. The molecule has 4 amide bonds. The van der Waals surface area contributed by atoms with Gasteiger partial charge in [0.2, 0.25) is 11.8 Å². The molecule has 4 N–H and O–H groups in total. The number of carbonyl (C=O) groups excluding carboxylic acids is 4. The van der Waals surface area contributed by atoms with Crippen LogP contribution in [0.5, 0.6) is 5.75 Å². The number of hydrogen-bond acceptors (Lipinski definition) is 10. The summed E-state index contributed by atoms with van der Waals surface area (Å²) in [7, 11) is 2.59. The molecule has 6 heterocycles. The molecule has 2 aromatic heterocycles. The Labute approximate surface area is 371 Å². The van der Waals surface area contributed by atoms with Crippen LogP contribution in [0.3, 0.4) is 0 Å². The minimum atomic E-state index is -0.774. The van der Waals surface area contributed by atoms with Gasteiger partial charge in [0.15, 0.2) is 0 Å². The third kappa shape index (κ3) is 7.81. The van der Waals surface area contributed by atoms with Crippen LogP contribution >= 0.6 is 0 Å². The highest BCUT2D eigenvalue weighted by molar-refractivity contribution is 6.07. The number of imidazole rings is 2. The van der Waals surface area contributed by atoms with Crippen molar-refractivity contribution in [1.29, 1.82) is 0 Å². The molecule has 0 radical (unpaired) electrons. The van der Waals surface area contributed by atoms with E-state index in [1.165, 1.54) is 14.2 Å². The molecule has 16 heteroatoms. The van der Waals surface area contributed by atoms with Crippen molar-refractivity contribution in [3.8, 4) is 28.1 Å². The van der Waals surface area contributed by atoms with Crippen molar-refractivity contribution in [3.05, 3.63) is 78.5 Å². The van der Waals surface area contributed by atoms with E-state index in [1.54, 1.807) is 11.0 Å². The molecule has 4 aliphatic rings. The topological polar surface area (TPSA) is 193 Å². The Hall–Kier alpha value is -6.42. The number of aromatic nitrogens is 4. The molecule has 336 valence electrons. The lowest BCUT2D eigenvalue weighted by Crippen LogP contribution is -2.54. The van der Waals surface area contributed by atoms with Crippen molar-refractivity contribution in [1.82, 2.24) is 40.4 Å². The third-order valence-electron chi connectivity index (χ3n) is 13.6. The number of aromatic amines is 2. The number of benzene rings is 3. The first-order valence-corrected chi connectivity index (χ1v) is 22.3. The Balaban J connectivity index is 0.965. The molecule has 9 rings (SSSR count). The zero-order valence-electron chi connectivity index (χ0n) is 36.9. The van der Waals surface area contributed by atoms with E-state index in [4.69, 9.17) is 28.9 Å². The Bertz CT molecular complexity index is 2610. The van der Waals surface area contributed by atoms with Gasteiger partial charge in [0.25, 0.3) is 0 Å². The Kier molecular flexibility index (Phi) is 11.8. The quantitative estimate of drug-likeness (QED) is 0.102. The largest absolute Gasteiger partial charge is 0.488 e. The van der Waals surface area contributed by atoms with Crippen molar-refractivity contribution in [2.75, 3.05) is 27.4 Å². The molecule has 6 atom stereocenters. The van der Waals surface area contributed by atoms with E-state index in [0.29, 0.717) is 50.7 Å². The maximum atomic E-state index is 14.3. The monoisotopic (exact) mass is 872 g/mol. The number of likely N-dealkylation sites (tertiary alicyclic amines) is 2. The number of rotatable bonds is 10. The van der Waals surface area contributed by atoms with Gasteiger partial charge in [-0.15, -0.1) is 6.58 Å². The average molecular weight is 873 g/mol. The van der Waals surface area contributed by atoms with E-state index in [2.05, 4.69) is 63.6 Å². The second-order valence-corrected chi connectivity index (χ2v) is 17.7. The molecule has 0 bridgehead atoms. The fraction of sp³-hybridized carbons (Fsp3) is 0.458. The first-order valence-electron chi connectivity index (χ1n) is 22.3. The lowest BCUT2D eigenvalue weighted by atomic mass is 9.90. The number of methoxy groups -OCH3 is 2. The molecule has 0 spiro atoms. The van der Waals surface area contributed by atoms with Crippen molar-refractivity contribution in [2.24, 2.45) is 11.8 Å². The van der Waals surface area contributed by atoms with E-state index in [0.717, 1.165) is 74.8 Å². The number of nitrogens with one attached hydrogen (secondary N) is 4. The molecule has 3 fully saturated rings. The van der Waals surface area contributed by atoms with Crippen molar-refractivity contribution >= 4 is 45.8 Å². The third-order valence-corrected chi connectivity index (χ3v) is 13.6. The van der Waals surface area contributed by atoms with Gasteiger partial charge in [-0.25, -0.2) is 19.6 Å². The summed E-state index contributed by atoms with van der Waals surface area (Å²) in [4.78, 5) is 73.7. The Morgan fingerprint density at radius 3 is 2.36 bits per heavy atom. The van der Waals surface area contributed by atoms with Gasteiger partial charge in [0.05, 0.1) is 55.3 Å². The summed E-state index contributed by atoms with van der Waals surface area (Å²) in [6.45, 7) is 11.3. The number of H-pyrrole nitrogens is 2. The van der Waals surface area contributed by atoms with Crippen LogP contribution in [0, 0.1) is 11.8 Å². The Morgan fingerprint density at radius 2 is 1.61 bits per heavy atom. The molecule has 1 unspecified atom stereocenters. The van der Waals surface area contributed by atoms with Gasteiger partial charge in [-0.3, -0.25) is 9.59 Å². The number of hydrogen-bond donors (Lipinski definition) is 4. The van der Waals surface area contributed by atoms with Gasteiger partial charge < -0.3 is 49.3 Å². The highest BCUT2D eigenvalue weighted by Gasteiger charge is 2.44. The predicted octanol–water partition coefficient (Wildman–Crippen LogP) is 7.47. The number of fused-ring (bicyclic) bond motifs is 6. The van der Waals surface area contributed by atoms with Gasteiger partial charge in [0, 0.05) is 30.2 Å². The summed E-state index contributed by atoms with van der Waals surface area (Å²) < 4.78 is 21.8. The van der Waals surface area contributed by atoms with Gasteiger partial charge in [-0.1, -0.05) is 38.1 Å². The van der Waals surface area contributed by atoms with Crippen LogP contribution in [0.15, 0.2) is 61.3 Å². The van der Waals surface area contributed by atoms with E-state index in [9.17, 15) is 19.2 Å². The molecule has 0 saturated carbocycles. The van der Waals surface area contributed by atoms with E-state index >= 15 is 0 Å². The average Bonchev–Trinajstić information content (AvgIpc) is 4.14. The van der Waals surface area contributed by atoms with E-state index < -0.39 is 24.3 Å². The molecule has 5 aromatic rings. The number of ether oxygens (including phenoxy) is 4. The number of amides is 4. The SMILES string of the molecule is C=C[C@H]1CC[C@@H](c2nc3c(ccc4cc5c(cc43)OCc3cc(-c4cnc([C@@H]6CC[C@H](C)N6C(=O)[C@@H](NC(=O)OC)C6CCOCC6)[nH]4)ccc3-5)[nH]2)N1C(=O)C(NC(=O)OC)C(C)C. The number of nitrogens with zero attached hydrogens (tertiary/aromatic N) is 4. The van der Waals surface area contributed by atoms with Gasteiger partial charge in [0.1, 0.15) is 36.1 Å². The van der Waals surface area contributed by atoms with Crippen LogP contribution in [-0.2, 0) is 30.4 Å². The Morgan fingerprint density at radius 1 is 0.859 bits per heavy atom. The molecule has 3 saturated heterocycles. The highest BCUT2D eigenvalue weighted by atomic mass is 16.5. The van der Waals surface area contributed by atoms with Gasteiger partial charge in [-0.05, 0) is 104 Å². The molecule has 16 nitrogen and oxygen atoms in total. The fourth-order valence-electron chi connectivity index (χ4n) is 10.2. The smallest absolute Gasteiger partial charge is 0.407 e. The van der Waals surface area contributed by atoms with Crippen LogP contribution in [0.2, 0.25) is 0 Å². The van der Waals surface area contributed by atoms with Crippen LogP contribution in [0.25, 0.3) is 44.2 Å². The molecule has 64 heavy (non-hydrogen) atoms. The zero-order chi connectivity index (χ0) is 44.8. The summed E-state index contributed by atoms with van der Waals surface area (Å²) in [6.07, 6.45) is 6.65. The summed E-state index contributed by atoms with van der Waals surface area (Å²) in [6, 6.07) is 12.3. The molecule has 0 aliphatic carbocycles. The first kappa shape index (κ1) is 42.9. The minimum absolute atomic E-state index is 0.0321. The standard InChI is InChI=1S/C48H56N8O8/c1-7-31-11-15-38(56(31)45(57)40(25(2)3)53-47(59)61-5)44-50-35-13-10-28-21-34-32-12-9-29(20-30(32)24-64-39(34)22-33(28)42(35)52-44)36-23-49-43(51-36)37-14-8-26(4)55(37)46(58)41(54-48(60)62-6)27-16-18-63-19-17-27/h7,9-10,12-13,20-23,25-27,31,37-38,40-41H,1,8,11,14-19,24H2,2-6H3,(H,49,51)(H,50,52)(H,53,59)(H,54,60)/t26-,31-,37-,38-,40?,41-/m0/s1. The fourth-order valence-corrected chi connectivity index (χ4v) is 10.2. The molecular weight excluding hydrogens is 817 g/mol. The minimum Gasteiger partial charge on any atom is -0.488 e. The van der Waals surface area contributed by atoms with Crippen LogP contribution < -0.4 is 15.4 Å². The van der Waals surface area contributed by atoms with Crippen molar-refractivity contribution in [2.45, 2.75) is 102 Å². The first-order chi connectivity index (χ1) is 31.0. The summed E-state index contributed by atoms with van der Waals surface area (Å²) >= 11 is 0. The summed E-state index contributed by atoms with van der Waals surface area (Å²) in [5.41, 5.74) is 6.51. The normalized spacial score (nSPS) is 21.8. The lowest BCUT2D eigenvalue weighted by Gasteiger charge is -2.36. The van der Waals surface area contributed by atoms with Crippen LogP contribution in [-0.4, -0.2) is 105 Å². The second kappa shape index (κ2) is 17.6. The maximum absolute atomic E-state index is 14.3. The van der Waals surface area contributed by atoms with Gasteiger partial charge in [-0.2, -0.15) is 0 Å². The predicted molar refractivity (Wildman–Crippen MR) is 239 cm³/mol. The van der Waals surface area contributed by atoms with Crippen molar-refractivity contribution in [3.63, 3.8) is 0 Å². The number of carbonyl (C=O) groups is 4. The lowest BCUT2D eigenvalue weighted by molar-refractivity contribution is -0.139. The van der Waals surface area contributed by atoms with Crippen molar-refractivity contribution < 1.29 is 38.1 Å². The zero-order valence-corrected chi connectivity index (χ0v) is 36.9. The second-order valence-electron chi connectivity index (χ2n) is 17.7.